The Morgan fingerprint density at radius 1 is 1.19 bits per heavy atom. The zero-order valence-corrected chi connectivity index (χ0v) is 15.7. The van der Waals surface area contributed by atoms with Crippen molar-refractivity contribution in [3.05, 3.63) is 35.3 Å². The molecule has 0 spiro atoms. The van der Waals surface area contributed by atoms with Crippen molar-refractivity contribution in [3.63, 3.8) is 0 Å². The van der Waals surface area contributed by atoms with Gasteiger partial charge in [0.25, 0.3) is 0 Å². The van der Waals surface area contributed by atoms with Gasteiger partial charge in [-0.25, -0.2) is 9.97 Å². The molecule has 0 radical (unpaired) electrons. The summed E-state index contributed by atoms with van der Waals surface area (Å²) >= 11 is 6.89. The maximum absolute atomic E-state index is 9.23. The average Bonchev–Trinajstić information content (AvgIpc) is 3.32. The largest absolute Gasteiger partial charge is 0.391 e. The molecular weight excluding hydrogens is 366 g/mol. The van der Waals surface area contributed by atoms with Crippen LogP contribution in [-0.2, 0) is 6.61 Å². The molecule has 3 aromatic rings. The fourth-order valence-corrected chi connectivity index (χ4v) is 4.19. The van der Waals surface area contributed by atoms with Gasteiger partial charge in [-0.2, -0.15) is 0 Å². The molecule has 0 amide bonds. The molecule has 1 fully saturated rings. The maximum Gasteiger partial charge on any atom is 0.180 e. The molecule has 0 atom stereocenters. The van der Waals surface area contributed by atoms with Gasteiger partial charge in [0.05, 0.1) is 17.7 Å². The number of fused-ring (bicyclic) bond motifs is 1. The Labute approximate surface area is 160 Å². The number of aliphatic hydroxyl groups is 1. The molecule has 0 bridgehead atoms. The molecule has 0 aliphatic heterocycles. The second kappa shape index (κ2) is 7.61. The van der Waals surface area contributed by atoms with Crippen molar-refractivity contribution in [1.29, 1.82) is 0 Å². The quantitative estimate of drug-likeness (QED) is 0.593. The molecule has 134 valence electrons. The number of rotatable bonds is 4. The van der Waals surface area contributed by atoms with E-state index < -0.39 is 0 Å². The van der Waals surface area contributed by atoms with Crippen molar-refractivity contribution in [2.75, 3.05) is 5.32 Å². The molecular formula is C18H19N5OS2. The third-order valence-corrected chi connectivity index (χ3v) is 5.72. The van der Waals surface area contributed by atoms with E-state index in [4.69, 9.17) is 12.2 Å². The van der Waals surface area contributed by atoms with Crippen LogP contribution < -0.4 is 10.6 Å². The standard InChI is InChI=1S/C18H19N5OS2/c24-10-12-5-7-15(26-12)14-9-19-13-6-8-16(22-17(13)21-14)23-18(25)20-11-3-1-2-4-11/h5-9,11,24H,1-4,10H2,(H2,20,21,22,23,25). The summed E-state index contributed by atoms with van der Waals surface area (Å²) in [6.45, 7) is 0.0312. The van der Waals surface area contributed by atoms with Gasteiger partial charge in [-0.3, -0.25) is 4.98 Å². The number of nitrogens with one attached hydrogen (secondary N) is 2. The molecule has 26 heavy (non-hydrogen) atoms. The molecule has 1 aliphatic carbocycles. The Hall–Kier alpha value is -2.16. The molecule has 1 aliphatic rings. The fraction of sp³-hybridized carbons (Fsp3) is 0.333. The van der Waals surface area contributed by atoms with Gasteiger partial charge in [-0.15, -0.1) is 11.3 Å². The predicted molar refractivity (Wildman–Crippen MR) is 108 cm³/mol. The minimum atomic E-state index is 0.0312. The molecule has 0 aromatic carbocycles. The van der Waals surface area contributed by atoms with E-state index in [0.29, 0.717) is 22.6 Å². The highest BCUT2D eigenvalue weighted by Gasteiger charge is 2.15. The Kier molecular flexibility index (Phi) is 5.05. The predicted octanol–water partition coefficient (Wildman–Crippen LogP) is 3.47. The van der Waals surface area contributed by atoms with E-state index >= 15 is 0 Å². The van der Waals surface area contributed by atoms with E-state index in [1.807, 2.05) is 24.3 Å². The van der Waals surface area contributed by atoms with Crippen LogP contribution in [0.4, 0.5) is 5.82 Å². The van der Waals surface area contributed by atoms with Crippen LogP contribution in [0.25, 0.3) is 21.7 Å². The van der Waals surface area contributed by atoms with Crippen molar-refractivity contribution in [3.8, 4) is 10.6 Å². The molecule has 4 rings (SSSR count). The maximum atomic E-state index is 9.23. The zero-order chi connectivity index (χ0) is 17.9. The van der Waals surface area contributed by atoms with Crippen LogP contribution in [0.15, 0.2) is 30.5 Å². The van der Waals surface area contributed by atoms with E-state index in [0.717, 1.165) is 21.0 Å². The van der Waals surface area contributed by atoms with Gasteiger partial charge < -0.3 is 15.7 Å². The highest BCUT2D eigenvalue weighted by atomic mass is 32.1. The summed E-state index contributed by atoms with van der Waals surface area (Å²) in [5, 5.41) is 16.3. The van der Waals surface area contributed by atoms with Crippen molar-refractivity contribution < 1.29 is 5.11 Å². The van der Waals surface area contributed by atoms with Crippen molar-refractivity contribution in [1.82, 2.24) is 20.3 Å². The average molecular weight is 386 g/mol. The van der Waals surface area contributed by atoms with Crippen molar-refractivity contribution in [2.45, 2.75) is 38.3 Å². The Morgan fingerprint density at radius 3 is 2.81 bits per heavy atom. The first kappa shape index (κ1) is 17.3. The van der Waals surface area contributed by atoms with Crippen LogP contribution in [-0.4, -0.2) is 31.2 Å². The molecule has 1 saturated carbocycles. The van der Waals surface area contributed by atoms with E-state index in [1.54, 1.807) is 6.20 Å². The minimum Gasteiger partial charge on any atom is -0.391 e. The summed E-state index contributed by atoms with van der Waals surface area (Å²) in [6, 6.07) is 8.03. The SMILES string of the molecule is OCc1ccc(-c2cnc3ccc(NC(=S)NC4CCCC4)nc3n2)s1. The smallest absolute Gasteiger partial charge is 0.180 e. The monoisotopic (exact) mass is 385 g/mol. The van der Waals surface area contributed by atoms with Crippen molar-refractivity contribution in [2.24, 2.45) is 0 Å². The molecule has 3 aromatic heterocycles. The van der Waals surface area contributed by atoms with Crippen LogP contribution in [0.2, 0.25) is 0 Å². The van der Waals surface area contributed by atoms with Crippen LogP contribution in [0.1, 0.15) is 30.6 Å². The third-order valence-electron chi connectivity index (χ3n) is 4.41. The number of thiophene rings is 1. The Balaban J connectivity index is 1.54. The Morgan fingerprint density at radius 2 is 2.04 bits per heavy atom. The molecule has 6 nitrogen and oxygen atoms in total. The summed E-state index contributed by atoms with van der Waals surface area (Å²) in [4.78, 5) is 15.5. The summed E-state index contributed by atoms with van der Waals surface area (Å²) < 4.78 is 0. The minimum absolute atomic E-state index is 0.0312. The first-order valence-electron chi connectivity index (χ1n) is 8.62. The third kappa shape index (κ3) is 3.82. The number of thiocarbonyl (C=S) groups is 1. The normalized spacial score (nSPS) is 14.7. The van der Waals surface area contributed by atoms with Gasteiger partial charge in [0.15, 0.2) is 10.8 Å². The number of hydrogen-bond acceptors (Lipinski definition) is 6. The van der Waals surface area contributed by atoms with E-state index in [-0.39, 0.29) is 6.61 Å². The van der Waals surface area contributed by atoms with Crippen molar-refractivity contribution >= 4 is 45.6 Å². The summed E-state index contributed by atoms with van der Waals surface area (Å²) in [5.74, 6) is 0.654. The van der Waals surface area contributed by atoms with Gasteiger partial charge in [0.2, 0.25) is 0 Å². The lowest BCUT2D eigenvalue weighted by Crippen LogP contribution is -2.36. The summed E-state index contributed by atoms with van der Waals surface area (Å²) in [5.41, 5.74) is 2.04. The number of aliphatic hydroxyl groups excluding tert-OH is 1. The van der Waals surface area contributed by atoms with Crippen LogP contribution >= 0.6 is 23.6 Å². The zero-order valence-electron chi connectivity index (χ0n) is 14.1. The lowest BCUT2D eigenvalue weighted by atomic mass is 10.3. The van der Waals surface area contributed by atoms with Gasteiger partial charge in [0, 0.05) is 10.9 Å². The number of hydrogen-bond donors (Lipinski definition) is 3. The van der Waals surface area contributed by atoms with E-state index in [1.165, 1.54) is 37.0 Å². The lowest BCUT2D eigenvalue weighted by Gasteiger charge is -2.15. The second-order valence-electron chi connectivity index (χ2n) is 6.30. The first-order valence-corrected chi connectivity index (χ1v) is 9.85. The number of anilines is 1. The summed E-state index contributed by atoms with van der Waals surface area (Å²) in [6.07, 6.45) is 6.58. The molecule has 8 heteroatoms. The van der Waals surface area contributed by atoms with Crippen LogP contribution in [0, 0.1) is 0 Å². The molecule has 0 unspecified atom stereocenters. The van der Waals surface area contributed by atoms with E-state index in [9.17, 15) is 5.11 Å². The van der Waals surface area contributed by atoms with Crippen LogP contribution in [0.5, 0.6) is 0 Å². The number of nitrogens with zero attached hydrogens (tertiary/aromatic N) is 3. The molecule has 0 saturated heterocycles. The van der Waals surface area contributed by atoms with Gasteiger partial charge in [0.1, 0.15) is 17.0 Å². The van der Waals surface area contributed by atoms with Crippen LogP contribution in [0.3, 0.4) is 0 Å². The number of pyridine rings is 1. The van der Waals surface area contributed by atoms with Gasteiger partial charge >= 0.3 is 0 Å². The first-order chi connectivity index (χ1) is 12.7. The summed E-state index contributed by atoms with van der Waals surface area (Å²) in [7, 11) is 0. The van der Waals surface area contributed by atoms with E-state index in [2.05, 4.69) is 25.6 Å². The number of aromatic nitrogens is 3. The topological polar surface area (TPSA) is 83.0 Å². The highest BCUT2D eigenvalue weighted by molar-refractivity contribution is 7.80. The Bertz CT molecular complexity index is 936. The molecule has 3 N–H and O–H groups in total. The molecule has 3 heterocycles. The van der Waals surface area contributed by atoms with Gasteiger partial charge in [-0.05, 0) is 49.3 Å². The fourth-order valence-electron chi connectivity index (χ4n) is 3.09. The van der Waals surface area contributed by atoms with Gasteiger partial charge in [-0.1, -0.05) is 12.8 Å². The lowest BCUT2D eigenvalue weighted by molar-refractivity contribution is 0.285. The second-order valence-corrected chi connectivity index (χ2v) is 7.87. The highest BCUT2D eigenvalue weighted by Crippen LogP contribution is 2.27.